The minimum Gasteiger partial charge on any atom is -0.342 e. The second kappa shape index (κ2) is 7.75. The van der Waals surface area contributed by atoms with Crippen molar-refractivity contribution in [2.45, 2.75) is 32.6 Å². The van der Waals surface area contributed by atoms with Gasteiger partial charge in [0.05, 0.1) is 0 Å². The van der Waals surface area contributed by atoms with Crippen molar-refractivity contribution in [2.24, 2.45) is 11.3 Å². The van der Waals surface area contributed by atoms with Gasteiger partial charge < -0.3 is 10.2 Å². The van der Waals surface area contributed by atoms with Crippen molar-refractivity contribution in [2.75, 3.05) is 38.2 Å². The largest absolute Gasteiger partial charge is 0.342 e. The molecule has 2 fully saturated rings. The Morgan fingerprint density at radius 2 is 1.84 bits per heavy atom. The predicted octanol–water partition coefficient (Wildman–Crippen LogP) is 2.40. The van der Waals surface area contributed by atoms with E-state index in [9.17, 15) is 4.79 Å². The Kier molecular flexibility index (Phi) is 6.98. The number of carbonyl (C=O) groups excluding carboxylic acids is 1. The molecule has 1 unspecified atom stereocenters. The van der Waals surface area contributed by atoms with Gasteiger partial charge in [-0.25, -0.2) is 0 Å². The van der Waals surface area contributed by atoms with E-state index in [1.165, 1.54) is 25.7 Å². The first-order valence-electron chi connectivity index (χ1n) is 7.15. The molecule has 19 heavy (non-hydrogen) atoms. The highest BCUT2D eigenvalue weighted by Gasteiger charge is 2.37. The van der Waals surface area contributed by atoms with Gasteiger partial charge in [0.1, 0.15) is 0 Å². The number of nitrogens with one attached hydrogen (secondary N) is 1. The molecular formula is C14H27ClN2OS. The third kappa shape index (κ3) is 4.27. The van der Waals surface area contributed by atoms with E-state index in [2.05, 4.69) is 23.4 Å². The van der Waals surface area contributed by atoms with E-state index in [1.54, 1.807) is 11.8 Å². The van der Waals surface area contributed by atoms with Gasteiger partial charge >= 0.3 is 0 Å². The van der Waals surface area contributed by atoms with Gasteiger partial charge in [-0.05, 0) is 50.4 Å². The van der Waals surface area contributed by atoms with E-state index in [-0.39, 0.29) is 18.3 Å². The summed E-state index contributed by atoms with van der Waals surface area (Å²) in [5.74, 6) is 1.50. The van der Waals surface area contributed by atoms with Gasteiger partial charge in [0.2, 0.25) is 5.91 Å². The average Bonchev–Trinajstić information content (AvgIpc) is 2.40. The molecule has 0 saturated carbocycles. The smallest absolute Gasteiger partial charge is 0.226 e. The number of piperidine rings is 2. The molecule has 2 aliphatic heterocycles. The van der Waals surface area contributed by atoms with Crippen molar-refractivity contribution in [3.63, 3.8) is 0 Å². The first kappa shape index (κ1) is 17.1. The van der Waals surface area contributed by atoms with Gasteiger partial charge in [0.25, 0.3) is 0 Å². The Balaban J connectivity index is 0.00000180. The summed E-state index contributed by atoms with van der Waals surface area (Å²) in [5.41, 5.74) is 0.546. The zero-order valence-electron chi connectivity index (χ0n) is 12.1. The maximum atomic E-state index is 12.3. The SMILES string of the molecule is CSCC(C)C(=O)N1CCC2(CCNCC2)CC1.Cl. The highest BCUT2D eigenvalue weighted by Crippen LogP contribution is 2.39. The van der Waals surface area contributed by atoms with Crippen LogP contribution in [0.4, 0.5) is 0 Å². The summed E-state index contributed by atoms with van der Waals surface area (Å²) in [4.78, 5) is 14.4. The zero-order chi connectivity index (χ0) is 13.0. The topological polar surface area (TPSA) is 32.3 Å². The van der Waals surface area contributed by atoms with Crippen LogP contribution in [-0.4, -0.2) is 49.0 Å². The molecule has 1 spiro atoms. The molecule has 112 valence electrons. The third-order valence-corrected chi connectivity index (χ3v) is 5.47. The monoisotopic (exact) mass is 306 g/mol. The van der Waals surface area contributed by atoms with Crippen LogP contribution in [0, 0.1) is 11.3 Å². The summed E-state index contributed by atoms with van der Waals surface area (Å²) in [7, 11) is 0. The number of hydrogen-bond donors (Lipinski definition) is 1. The Morgan fingerprint density at radius 3 is 2.37 bits per heavy atom. The molecule has 1 atom stereocenters. The Hall–Kier alpha value is 0.0700. The molecule has 5 heteroatoms. The summed E-state index contributed by atoms with van der Waals surface area (Å²) in [6.45, 7) is 6.36. The first-order chi connectivity index (χ1) is 8.67. The molecule has 0 bridgehead atoms. The Morgan fingerprint density at radius 1 is 1.26 bits per heavy atom. The summed E-state index contributed by atoms with van der Waals surface area (Å²) < 4.78 is 0. The van der Waals surface area contributed by atoms with Crippen LogP contribution in [0.25, 0.3) is 0 Å². The number of nitrogens with zero attached hydrogens (tertiary/aromatic N) is 1. The lowest BCUT2D eigenvalue weighted by Crippen LogP contribution is -2.48. The lowest BCUT2D eigenvalue weighted by atomic mass is 9.71. The van der Waals surface area contributed by atoms with E-state index in [4.69, 9.17) is 0 Å². The first-order valence-corrected chi connectivity index (χ1v) is 8.55. The van der Waals surface area contributed by atoms with Crippen LogP contribution >= 0.6 is 24.2 Å². The second-order valence-electron chi connectivity index (χ2n) is 5.93. The third-order valence-electron chi connectivity index (χ3n) is 4.64. The lowest BCUT2D eigenvalue weighted by Gasteiger charge is -2.45. The number of hydrogen-bond acceptors (Lipinski definition) is 3. The number of carbonyl (C=O) groups is 1. The van der Waals surface area contributed by atoms with Gasteiger partial charge in [0, 0.05) is 24.8 Å². The fourth-order valence-corrected chi connectivity index (χ4v) is 3.93. The highest BCUT2D eigenvalue weighted by atomic mass is 35.5. The van der Waals surface area contributed by atoms with Gasteiger partial charge in [-0.15, -0.1) is 12.4 Å². The molecule has 2 saturated heterocycles. The van der Waals surface area contributed by atoms with Gasteiger partial charge in [-0.2, -0.15) is 11.8 Å². The summed E-state index contributed by atoms with van der Waals surface area (Å²) in [6, 6.07) is 0. The summed E-state index contributed by atoms with van der Waals surface area (Å²) in [5, 5.41) is 3.44. The highest BCUT2D eigenvalue weighted by molar-refractivity contribution is 7.98. The van der Waals surface area contributed by atoms with Crippen molar-refractivity contribution in [1.29, 1.82) is 0 Å². The summed E-state index contributed by atoms with van der Waals surface area (Å²) in [6.07, 6.45) is 7.10. The van der Waals surface area contributed by atoms with Crippen molar-refractivity contribution in [1.82, 2.24) is 10.2 Å². The van der Waals surface area contributed by atoms with Gasteiger partial charge in [-0.1, -0.05) is 6.92 Å². The minimum atomic E-state index is 0. The molecule has 2 heterocycles. The molecule has 2 rings (SSSR count). The van der Waals surface area contributed by atoms with E-state index in [1.807, 2.05) is 0 Å². The van der Waals surface area contributed by atoms with Crippen molar-refractivity contribution in [3.05, 3.63) is 0 Å². The van der Waals surface area contributed by atoms with Gasteiger partial charge in [-0.3, -0.25) is 4.79 Å². The summed E-state index contributed by atoms with van der Waals surface area (Å²) >= 11 is 1.77. The van der Waals surface area contributed by atoms with Crippen LogP contribution in [-0.2, 0) is 4.79 Å². The Labute approximate surface area is 127 Å². The molecule has 3 nitrogen and oxygen atoms in total. The number of likely N-dealkylation sites (tertiary alicyclic amines) is 1. The van der Waals surface area contributed by atoms with E-state index in [0.29, 0.717) is 11.3 Å². The lowest BCUT2D eigenvalue weighted by molar-refractivity contribution is -0.136. The van der Waals surface area contributed by atoms with Gasteiger partial charge in [0.15, 0.2) is 0 Å². The van der Waals surface area contributed by atoms with Crippen LogP contribution in [0.1, 0.15) is 32.6 Å². The molecule has 0 aliphatic carbocycles. The molecule has 1 N–H and O–H groups in total. The van der Waals surface area contributed by atoms with E-state index >= 15 is 0 Å². The van der Waals surface area contributed by atoms with Crippen LogP contribution in [0.3, 0.4) is 0 Å². The van der Waals surface area contributed by atoms with Crippen LogP contribution in [0.15, 0.2) is 0 Å². The fourth-order valence-electron chi connectivity index (χ4n) is 3.29. The predicted molar refractivity (Wildman–Crippen MR) is 85.1 cm³/mol. The average molecular weight is 307 g/mol. The van der Waals surface area contributed by atoms with E-state index in [0.717, 1.165) is 31.9 Å². The number of thioether (sulfide) groups is 1. The van der Waals surface area contributed by atoms with Crippen molar-refractivity contribution in [3.8, 4) is 0 Å². The minimum absolute atomic E-state index is 0. The van der Waals surface area contributed by atoms with E-state index < -0.39 is 0 Å². The molecule has 0 radical (unpaired) electrons. The standard InChI is InChI=1S/C14H26N2OS.ClH/c1-12(11-18-2)13(17)16-9-5-14(6-10-16)3-7-15-8-4-14;/h12,15H,3-11H2,1-2H3;1H. The normalized spacial score (nSPS) is 23.8. The quantitative estimate of drug-likeness (QED) is 0.869. The zero-order valence-corrected chi connectivity index (χ0v) is 13.7. The number of rotatable bonds is 3. The van der Waals surface area contributed by atoms with Crippen molar-refractivity contribution >= 4 is 30.1 Å². The second-order valence-corrected chi connectivity index (χ2v) is 6.84. The van der Waals surface area contributed by atoms with Crippen LogP contribution in [0.5, 0.6) is 0 Å². The number of halogens is 1. The molecule has 2 aliphatic rings. The van der Waals surface area contributed by atoms with Crippen LogP contribution < -0.4 is 5.32 Å². The van der Waals surface area contributed by atoms with Crippen LogP contribution in [0.2, 0.25) is 0 Å². The molecule has 0 aromatic rings. The molecule has 0 aromatic heterocycles. The Bertz CT molecular complexity index is 285. The molecular weight excluding hydrogens is 280 g/mol. The molecule has 1 amide bonds. The fraction of sp³-hybridized carbons (Fsp3) is 0.929. The maximum absolute atomic E-state index is 12.3. The maximum Gasteiger partial charge on any atom is 0.226 e. The molecule has 0 aromatic carbocycles. The number of amides is 1. The van der Waals surface area contributed by atoms with Crippen molar-refractivity contribution < 1.29 is 4.79 Å².